The molecule has 0 aliphatic carbocycles. The Bertz CT molecular complexity index is 577. The summed E-state index contributed by atoms with van der Waals surface area (Å²) < 4.78 is 9.53. The molecule has 1 N–H and O–H groups in total. The number of aromatic nitrogens is 3. The molecule has 0 fully saturated rings. The Hall–Kier alpha value is -1.53. The number of nitrogens with zero attached hydrogens (tertiary/aromatic N) is 3. The third-order valence-electron chi connectivity index (χ3n) is 3.07. The lowest BCUT2D eigenvalue weighted by molar-refractivity contribution is 0.401. The van der Waals surface area contributed by atoms with E-state index in [1.54, 1.807) is 13.3 Å². The number of hydrogen-bond acceptors (Lipinski definition) is 6. The Kier molecular flexibility index (Phi) is 4.35. The van der Waals surface area contributed by atoms with Gasteiger partial charge in [0.1, 0.15) is 11.4 Å². The molecule has 2 rings (SSSR count). The molecule has 0 aromatic carbocycles. The molecule has 108 valence electrons. The van der Waals surface area contributed by atoms with Gasteiger partial charge in [-0.3, -0.25) is 4.98 Å². The zero-order valence-corrected chi connectivity index (χ0v) is 13.3. The topological polar surface area (TPSA) is 59.9 Å². The lowest BCUT2D eigenvalue weighted by Gasteiger charge is -2.22. The summed E-state index contributed by atoms with van der Waals surface area (Å²) in [5.74, 6) is 0.764. The van der Waals surface area contributed by atoms with E-state index in [2.05, 4.69) is 40.7 Å². The molecular weight excluding hydrogens is 272 g/mol. The highest BCUT2D eigenvalue weighted by Crippen LogP contribution is 2.35. The van der Waals surface area contributed by atoms with Gasteiger partial charge in [-0.05, 0) is 30.7 Å². The smallest absolute Gasteiger partial charge is 0.142 e. The van der Waals surface area contributed by atoms with Crippen molar-refractivity contribution in [1.29, 1.82) is 0 Å². The summed E-state index contributed by atoms with van der Waals surface area (Å²) in [6.45, 7) is 6.40. The molecule has 1 unspecified atom stereocenters. The van der Waals surface area contributed by atoms with E-state index in [0.29, 0.717) is 0 Å². The molecule has 2 aromatic heterocycles. The lowest BCUT2D eigenvalue weighted by Crippen LogP contribution is -2.23. The molecule has 0 aliphatic heterocycles. The van der Waals surface area contributed by atoms with Crippen LogP contribution in [0.3, 0.4) is 0 Å². The Morgan fingerprint density at radius 3 is 2.70 bits per heavy atom. The van der Waals surface area contributed by atoms with Crippen LogP contribution in [0.25, 0.3) is 0 Å². The number of hydrogen-bond donors (Lipinski definition) is 1. The van der Waals surface area contributed by atoms with Crippen molar-refractivity contribution in [2.24, 2.45) is 0 Å². The molecule has 1 atom stereocenters. The second kappa shape index (κ2) is 5.85. The van der Waals surface area contributed by atoms with Crippen LogP contribution in [0.4, 0.5) is 0 Å². The van der Waals surface area contributed by atoms with Crippen LogP contribution in [-0.4, -0.2) is 28.7 Å². The average molecular weight is 292 g/mol. The molecule has 2 heterocycles. The van der Waals surface area contributed by atoms with Crippen molar-refractivity contribution in [3.05, 3.63) is 34.6 Å². The maximum atomic E-state index is 5.41. The molecular formula is C14H20N4OS. The predicted octanol–water partition coefficient (Wildman–Crippen LogP) is 2.55. The summed E-state index contributed by atoms with van der Waals surface area (Å²) in [5.41, 5.74) is 1.79. The predicted molar refractivity (Wildman–Crippen MR) is 80.3 cm³/mol. The summed E-state index contributed by atoms with van der Waals surface area (Å²) in [6, 6.07) is 3.71. The molecule has 0 saturated heterocycles. The minimum atomic E-state index is -0.0691. The number of ether oxygens (including phenoxy) is 1. The summed E-state index contributed by atoms with van der Waals surface area (Å²) in [6.07, 6.45) is 1.77. The van der Waals surface area contributed by atoms with Gasteiger partial charge in [0, 0.05) is 11.6 Å². The summed E-state index contributed by atoms with van der Waals surface area (Å²) in [5, 5.41) is 7.59. The molecule has 0 spiro atoms. The Labute approximate surface area is 123 Å². The van der Waals surface area contributed by atoms with E-state index in [1.807, 2.05) is 19.2 Å². The van der Waals surface area contributed by atoms with Gasteiger partial charge in [0.2, 0.25) is 0 Å². The van der Waals surface area contributed by atoms with Gasteiger partial charge in [0.15, 0.2) is 0 Å². The van der Waals surface area contributed by atoms with Crippen molar-refractivity contribution in [1.82, 2.24) is 19.9 Å². The number of methoxy groups -OCH3 is 1. The van der Waals surface area contributed by atoms with Gasteiger partial charge < -0.3 is 10.1 Å². The van der Waals surface area contributed by atoms with Crippen LogP contribution in [0.15, 0.2) is 18.3 Å². The molecule has 0 amide bonds. The van der Waals surface area contributed by atoms with E-state index in [4.69, 9.17) is 4.74 Å². The standard InChI is InChI=1S/C14H20N4OS/c1-14(2,3)13-12(20-18-17-13)11(15-4)10-9(19-5)7-6-8-16-10/h6-8,11,15H,1-5H3. The number of nitrogens with one attached hydrogen (secondary N) is 1. The quantitative estimate of drug-likeness (QED) is 0.938. The van der Waals surface area contributed by atoms with Crippen molar-refractivity contribution < 1.29 is 4.74 Å². The lowest BCUT2D eigenvalue weighted by atomic mass is 9.89. The first-order valence-corrected chi connectivity index (χ1v) is 7.25. The van der Waals surface area contributed by atoms with E-state index in [9.17, 15) is 0 Å². The van der Waals surface area contributed by atoms with Crippen LogP contribution < -0.4 is 10.1 Å². The minimum absolute atomic E-state index is 0.0561. The van der Waals surface area contributed by atoms with E-state index in [1.165, 1.54) is 11.5 Å². The minimum Gasteiger partial charge on any atom is -0.495 e. The van der Waals surface area contributed by atoms with Crippen LogP contribution in [0.2, 0.25) is 0 Å². The third kappa shape index (κ3) is 2.81. The molecule has 20 heavy (non-hydrogen) atoms. The first-order chi connectivity index (χ1) is 9.49. The largest absolute Gasteiger partial charge is 0.495 e. The fraction of sp³-hybridized carbons (Fsp3) is 0.500. The summed E-state index contributed by atoms with van der Waals surface area (Å²) in [7, 11) is 3.56. The van der Waals surface area contributed by atoms with E-state index >= 15 is 0 Å². The van der Waals surface area contributed by atoms with E-state index in [0.717, 1.165) is 22.0 Å². The number of pyridine rings is 1. The van der Waals surface area contributed by atoms with Crippen molar-refractivity contribution in [3.63, 3.8) is 0 Å². The molecule has 0 aliphatic rings. The summed E-state index contributed by atoms with van der Waals surface area (Å²) >= 11 is 1.40. The molecule has 2 aromatic rings. The Balaban J connectivity index is 2.51. The fourth-order valence-corrected chi connectivity index (χ4v) is 3.07. The van der Waals surface area contributed by atoms with Crippen LogP contribution in [0.5, 0.6) is 5.75 Å². The SMILES string of the molecule is CNC(c1ncccc1OC)c1snnc1C(C)(C)C. The second-order valence-corrected chi connectivity index (χ2v) is 6.33. The third-order valence-corrected chi connectivity index (χ3v) is 3.86. The van der Waals surface area contributed by atoms with Crippen LogP contribution >= 0.6 is 11.5 Å². The number of rotatable bonds is 4. The zero-order valence-electron chi connectivity index (χ0n) is 12.5. The first kappa shape index (κ1) is 14.9. The first-order valence-electron chi connectivity index (χ1n) is 6.48. The van der Waals surface area contributed by atoms with Crippen molar-refractivity contribution in [3.8, 4) is 5.75 Å². The van der Waals surface area contributed by atoms with Crippen LogP contribution in [-0.2, 0) is 5.41 Å². The van der Waals surface area contributed by atoms with Gasteiger partial charge in [0.25, 0.3) is 0 Å². The fourth-order valence-electron chi connectivity index (χ4n) is 2.09. The highest BCUT2D eigenvalue weighted by molar-refractivity contribution is 7.05. The van der Waals surface area contributed by atoms with Crippen molar-refractivity contribution in [2.75, 3.05) is 14.2 Å². The average Bonchev–Trinajstić information content (AvgIpc) is 2.89. The van der Waals surface area contributed by atoms with Gasteiger partial charge in [-0.1, -0.05) is 25.3 Å². The van der Waals surface area contributed by atoms with Gasteiger partial charge in [0.05, 0.1) is 23.7 Å². The monoisotopic (exact) mass is 292 g/mol. The van der Waals surface area contributed by atoms with Crippen molar-refractivity contribution in [2.45, 2.75) is 32.2 Å². The normalized spacial score (nSPS) is 13.2. The molecule has 5 nitrogen and oxygen atoms in total. The van der Waals surface area contributed by atoms with Crippen molar-refractivity contribution >= 4 is 11.5 Å². The molecule has 0 saturated carbocycles. The molecule has 0 radical (unpaired) electrons. The maximum absolute atomic E-state index is 5.41. The second-order valence-electron chi connectivity index (χ2n) is 5.55. The van der Waals surface area contributed by atoms with Gasteiger partial charge in [-0.25, -0.2) is 0 Å². The Morgan fingerprint density at radius 2 is 2.10 bits per heavy atom. The van der Waals surface area contributed by atoms with E-state index < -0.39 is 0 Å². The van der Waals surface area contributed by atoms with Gasteiger partial charge in [-0.2, -0.15) is 0 Å². The highest BCUT2D eigenvalue weighted by Gasteiger charge is 2.29. The summed E-state index contributed by atoms with van der Waals surface area (Å²) in [4.78, 5) is 5.54. The van der Waals surface area contributed by atoms with Crippen LogP contribution in [0.1, 0.15) is 43.1 Å². The van der Waals surface area contributed by atoms with Gasteiger partial charge >= 0.3 is 0 Å². The molecule has 0 bridgehead atoms. The Morgan fingerprint density at radius 1 is 1.35 bits per heavy atom. The highest BCUT2D eigenvalue weighted by atomic mass is 32.1. The zero-order chi connectivity index (χ0) is 14.8. The maximum Gasteiger partial charge on any atom is 0.142 e. The van der Waals surface area contributed by atoms with E-state index in [-0.39, 0.29) is 11.5 Å². The molecule has 6 heteroatoms. The van der Waals surface area contributed by atoms with Gasteiger partial charge in [-0.15, -0.1) is 5.10 Å². The van der Waals surface area contributed by atoms with Crippen LogP contribution in [0, 0.1) is 0 Å².